The van der Waals surface area contributed by atoms with Gasteiger partial charge in [-0.15, -0.1) is 11.3 Å². The molecule has 0 N–H and O–H groups in total. The van der Waals surface area contributed by atoms with Crippen molar-refractivity contribution in [3.63, 3.8) is 0 Å². The Kier molecular flexibility index (Phi) is 5.00. The minimum atomic E-state index is 0.678. The number of benzene rings is 5. The van der Waals surface area contributed by atoms with Crippen molar-refractivity contribution in [2.75, 3.05) is 0 Å². The predicted molar refractivity (Wildman–Crippen MR) is 156 cm³/mol. The van der Waals surface area contributed by atoms with Gasteiger partial charge in [-0.25, -0.2) is 0 Å². The smallest absolute Gasteiger partial charge is 0.0991 e. The topological polar surface area (TPSA) is 23.8 Å². The molecule has 7 rings (SSSR count). The number of rotatable bonds is 3. The van der Waals surface area contributed by atoms with E-state index in [0.29, 0.717) is 5.56 Å². The van der Waals surface area contributed by atoms with Crippen LogP contribution in [0.1, 0.15) is 16.7 Å². The molecule has 0 bridgehead atoms. The number of nitrogens with zero attached hydrogens (tertiary/aromatic N) is 1. The van der Waals surface area contributed by atoms with Gasteiger partial charge in [-0.2, -0.15) is 5.26 Å². The normalized spacial score (nSPS) is 12.6. The first-order valence-electron chi connectivity index (χ1n) is 12.2. The summed E-state index contributed by atoms with van der Waals surface area (Å²) >= 11 is 1.86. The molecule has 0 spiro atoms. The summed E-state index contributed by atoms with van der Waals surface area (Å²) in [5, 5.41) is 14.0. The molecule has 0 unspecified atom stereocenters. The van der Waals surface area contributed by atoms with E-state index < -0.39 is 0 Å². The van der Waals surface area contributed by atoms with E-state index in [2.05, 4.69) is 109 Å². The van der Waals surface area contributed by atoms with E-state index in [9.17, 15) is 0 Å². The summed E-state index contributed by atoms with van der Waals surface area (Å²) in [5.41, 5.74) is 14.0. The maximum atomic E-state index is 9.17. The van der Waals surface area contributed by atoms with Gasteiger partial charge in [0.25, 0.3) is 0 Å². The van der Waals surface area contributed by atoms with Crippen LogP contribution >= 0.6 is 11.3 Å². The van der Waals surface area contributed by atoms with E-state index in [1.165, 1.54) is 31.3 Å². The summed E-state index contributed by atoms with van der Waals surface area (Å²) in [6.45, 7) is 0. The van der Waals surface area contributed by atoms with Gasteiger partial charge in [0.05, 0.1) is 11.6 Å². The second kappa shape index (κ2) is 8.65. The summed E-state index contributed by atoms with van der Waals surface area (Å²) in [7, 11) is 0. The molecule has 2 heteroatoms. The fourth-order valence-corrected chi connectivity index (χ4v) is 6.28. The van der Waals surface area contributed by atoms with Gasteiger partial charge >= 0.3 is 0 Å². The van der Waals surface area contributed by atoms with Crippen LogP contribution in [0.15, 0.2) is 127 Å². The first-order valence-corrected chi connectivity index (χ1v) is 13.0. The number of hydrogen-bond acceptors (Lipinski definition) is 2. The predicted octanol–water partition coefficient (Wildman–Crippen LogP) is 9.54. The molecule has 1 heterocycles. The van der Waals surface area contributed by atoms with E-state index >= 15 is 0 Å². The van der Waals surface area contributed by atoms with Crippen LogP contribution in [0.5, 0.6) is 0 Å². The molecule has 5 aromatic carbocycles. The van der Waals surface area contributed by atoms with Crippen molar-refractivity contribution in [1.82, 2.24) is 0 Å². The van der Waals surface area contributed by atoms with Gasteiger partial charge in [-0.3, -0.25) is 0 Å². The molecule has 6 aromatic rings. The second-order valence-electron chi connectivity index (χ2n) is 9.17. The third-order valence-electron chi connectivity index (χ3n) is 6.95. The van der Waals surface area contributed by atoms with Crippen molar-refractivity contribution in [3.8, 4) is 17.2 Å². The molecule has 1 aliphatic rings. The van der Waals surface area contributed by atoms with Crippen LogP contribution in [0, 0.1) is 11.3 Å². The number of thiophene rings is 1. The summed E-state index contributed by atoms with van der Waals surface area (Å²) in [4.78, 5) is 0. The third kappa shape index (κ3) is 3.73. The average molecular weight is 486 g/mol. The monoisotopic (exact) mass is 485 g/mol. The van der Waals surface area contributed by atoms with Gasteiger partial charge in [0.15, 0.2) is 0 Å². The summed E-state index contributed by atoms with van der Waals surface area (Å²) in [5.74, 6) is 0. The van der Waals surface area contributed by atoms with E-state index in [-0.39, 0.29) is 0 Å². The van der Waals surface area contributed by atoms with Gasteiger partial charge < -0.3 is 0 Å². The van der Waals surface area contributed by atoms with Gasteiger partial charge in [0.1, 0.15) is 0 Å². The molecular weight excluding hydrogens is 466 g/mol. The largest absolute Gasteiger partial charge is 0.192 e. The number of nitriles is 1. The Morgan fingerprint density at radius 1 is 0.676 bits per heavy atom. The Morgan fingerprint density at radius 2 is 1.43 bits per heavy atom. The lowest BCUT2D eigenvalue weighted by molar-refractivity contribution is 1.49. The highest BCUT2D eigenvalue weighted by Gasteiger charge is 2.11. The van der Waals surface area contributed by atoms with Gasteiger partial charge in [-0.1, -0.05) is 90.3 Å². The molecule has 0 radical (unpaired) electrons. The molecule has 1 aliphatic carbocycles. The Balaban J connectivity index is 1.23. The zero-order valence-electron chi connectivity index (χ0n) is 19.8. The zero-order valence-corrected chi connectivity index (χ0v) is 20.6. The van der Waals surface area contributed by atoms with E-state index in [1.807, 2.05) is 35.6 Å². The Hall–Kier alpha value is -4.89. The maximum absolute atomic E-state index is 9.17. The van der Waals surface area contributed by atoms with Gasteiger partial charge in [0, 0.05) is 25.7 Å². The minimum Gasteiger partial charge on any atom is -0.192 e. The molecule has 1 nitrogen and oxygen atoms in total. The molecule has 0 fully saturated rings. The van der Waals surface area contributed by atoms with Crippen LogP contribution < -0.4 is 0 Å². The molecule has 0 saturated carbocycles. The van der Waals surface area contributed by atoms with Crippen LogP contribution in [0.4, 0.5) is 0 Å². The lowest BCUT2D eigenvalue weighted by atomic mass is 9.94. The summed E-state index contributed by atoms with van der Waals surface area (Å²) in [6, 6.07) is 38.3. The molecule has 0 amide bonds. The van der Waals surface area contributed by atoms with E-state index in [4.69, 9.17) is 5.26 Å². The first-order chi connectivity index (χ1) is 18.3. The molecule has 0 aliphatic heterocycles. The summed E-state index contributed by atoms with van der Waals surface area (Å²) < 4.78 is 2.65. The highest BCUT2D eigenvalue weighted by atomic mass is 32.1. The second-order valence-corrected chi connectivity index (χ2v) is 10.2. The molecule has 1 aromatic heterocycles. The van der Waals surface area contributed by atoms with Crippen molar-refractivity contribution >= 4 is 53.4 Å². The maximum Gasteiger partial charge on any atom is 0.0991 e. The minimum absolute atomic E-state index is 0.678. The lowest BCUT2D eigenvalue weighted by Gasteiger charge is -2.09. The van der Waals surface area contributed by atoms with E-state index in [1.54, 1.807) is 0 Å². The summed E-state index contributed by atoms with van der Waals surface area (Å²) in [6.07, 6.45) is 4.15. The fourth-order valence-electron chi connectivity index (χ4n) is 5.05. The van der Waals surface area contributed by atoms with Crippen LogP contribution in [-0.4, -0.2) is 0 Å². The Morgan fingerprint density at radius 3 is 2.32 bits per heavy atom. The lowest BCUT2D eigenvalue weighted by Crippen LogP contribution is -1.88. The van der Waals surface area contributed by atoms with Gasteiger partial charge in [-0.05, 0) is 75.0 Å². The SMILES string of the molecule is N#Cc1ccc2cc(C3=CC(c4ccc(-c5cccc6c5sc5ccccc56)cc4)=C=C=C3)ccc2c1. The molecule has 0 saturated heterocycles. The number of allylic oxidation sites excluding steroid dienone is 4. The Labute approximate surface area is 218 Å². The highest BCUT2D eigenvalue weighted by Crippen LogP contribution is 2.40. The van der Waals surface area contributed by atoms with Gasteiger partial charge in [0.2, 0.25) is 0 Å². The van der Waals surface area contributed by atoms with Crippen molar-refractivity contribution in [2.45, 2.75) is 0 Å². The van der Waals surface area contributed by atoms with E-state index in [0.717, 1.165) is 33.0 Å². The van der Waals surface area contributed by atoms with Crippen molar-refractivity contribution in [2.24, 2.45) is 0 Å². The third-order valence-corrected chi connectivity index (χ3v) is 8.17. The van der Waals surface area contributed by atoms with Crippen molar-refractivity contribution < 1.29 is 0 Å². The van der Waals surface area contributed by atoms with Crippen molar-refractivity contribution in [1.29, 1.82) is 5.26 Å². The molecule has 170 valence electrons. The molecular formula is C35H19NS. The van der Waals surface area contributed by atoms with Crippen LogP contribution in [0.2, 0.25) is 0 Å². The molecule has 37 heavy (non-hydrogen) atoms. The highest BCUT2D eigenvalue weighted by molar-refractivity contribution is 7.26. The number of hydrogen-bond donors (Lipinski definition) is 0. The quantitative estimate of drug-likeness (QED) is 0.229. The van der Waals surface area contributed by atoms with Crippen LogP contribution in [-0.2, 0) is 0 Å². The van der Waals surface area contributed by atoms with Crippen LogP contribution in [0.3, 0.4) is 0 Å². The average Bonchev–Trinajstić information content (AvgIpc) is 3.36. The van der Waals surface area contributed by atoms with Crippen LogP contribution in [0.25, 0.3) is 53.2 Å². The van der Waals surface area contributed by atoms with Crippen molar-refractivity contribution in [3.05, 3.63) is 143 Å². The zero-order chi connectivity index (χ0) is 24.8. The Bertz CT molecular complexity index is 2050. The fraction of sp³-hybridized carbons (Fsp3) is 0. The standard InChI is InChI=1S/C35H19NS/c36-22-23-11-12-29-21-30(18-17-28(29)19-23)27-6-3-5-26(20-27)24-13-15-25(16-14-24)31-8-4-9-33-32-7-1-2-10-34(32)37-35(31)33/h1-2,4,6-21H. The molecule has 0 atom stereocenters. The first kappa shape index (κ1) is 21.4. The number of fused-ring (bicyclic) bond motifs is 4.